The Balaban J connectivity index is 1.51. The third-order valence-electron chi connectivity index (χ3n) is 4.91. The summed E-state index contributed by atoms with van der Waals surface area (Å²) in [5, 5.41) is 0. The number of aryl methyl sites for hydroxylation is 1. The molecule has 1 saturated carbocycles. The lowest BCUT2D eigenvalue weighted by molar-refractivity contribution is -0.134. The summed E-state index contributed by atoms with van der Waals surface area (Å²) in [6, 6.07) is 16.1. The predicted octanol–water partition coefficient (Wildman–Crippen LogP) is 4.32. The van der Waals surface area contributed by atoms with Crippen LogP contribution in [0.4, 0.5) is 0 Å². The number of furan rings is 1. The van der Waals surface area contributed by atoms with Gasteiger partial charge in [-0.15, -0.1) is 0 Å². The van der Waals surface area contributed by atoms with Crippen LogP contribution < -0.4 is 0 Å². The van der Waals surface area contributed by atoms with Crippen molar-refractivity contribution in [3.63, 3.8) is 0 Å². The Labute approximate surface area is 153 Å². The van der Waals surface area contributed by atoms with Crippen LogP contribution in [0.25, 0.3) is 0 Å². The molecule has 1 aliphatic rings. The van der Waals surface area contributed by atoms with Crippen molar-refractivity contribution < 1.29 is 9.21 Å². The van der Waals surface area contributed by atoms with Gasteiger partial charge in [-0.25, -0.2) is 0 Å². The van der Waals surface area contributed by atoms with Gasteiger partial charge in [0.25, 0.3) is 0 Å². The zero-order chi connectivity index (χ0) is 17.9. The van der Waals surface area contributed by atoms with Crippen LogP contribution in [0.1, 0.15) is 34.8 Å². The van der Waals surface area contributed by atoms with E-state index in [9.17, 15) is 4.79 Å². The quantitative estimate of drug-likeness (QED) is 0.668. The summed E-state index contributed by atoms with van der Waals surface area (Å²) in [6.45, 7) is 3.12. The van der Waals surface area contributed by atoms with Gasteiger partial charge >= 0.3 is 0 Å². The first-order chi connectivity index (χ1) is 12.7. The van der Waals surface area contributed by atoms with Gasteiger partial charge in [-0.3, -0.25) is 9.78 Å². The molecule has 2 heterocycles. The Hall–Kier alpha value is -2.88. The zero-order valence-corrected chi connectivity index (χ0v) is 14.8. The van der Waals surface area contributed by atoms with Gasteiger partial charge in [0.15, 0.2) is 0 Å². The summed E-state index contributed by atoms with van der Waals surface area (Å²) >= 11 is 0. The van der Waals surface area contributed by atoms with E-state index >= 15 is 0 Å². The van der Waals surface area contributed by atoms with E-state index < -0.39 is 0 Å². The Morgan fingerprint density at radius 3 is 2.85 bits per heavy atom. The summed E-state index contributed by atoms with van der Waals surface area (Å²) in [6.07, 6.45) is 6.13. The molecule has 4 rings (SSSR count). The predicted molar refractivity (Wildman–Crippen MR) is 99.2 cm³/mol. The number of nitrogens with zero attached hydrogens (tertiary/aromatic N) is 2. The fraction of sp³-hybridized carbons (Fsp3) is 0.273. The van der Waals surface area contributed by atoms with E-state index in [1.54, 1.807) is 12.5 Å². The van der Waals surface area contributed by atoms with Crippen LogP contribution in [0.3, 0.4) is 0 Å². The fourth-order valence-electron chi connectivity index (χ4n) is 3.49. The Bertz CT molecular complexity index is 874. The first-order valence-corrected chi connectivity index (χ1v) is 8.97. The van der Waals surface area contributed by atoms with Gasteiger partial charge in [0, 0.05) is 24.9 Å². The SMILES string of the molecule is Cc1cccc([C@H]2C[C@@H]2C(=O)N(Cc2cccnc2)Cc2ccco2)c1. The molecule has 0 aliphatic heterocycles. The normalized spacial score (nSPS) is 18.5. The molecule has 0 saturated heterocycles. The first kappa shape index (κ1) is 16.6. The highest BCUT2D eigenvalue weighted by Crippen LogP contribution is 2.48. The average molecular weight is 346 g/mol. The third kappa shape index (κ3) is 3.69. The van der Waals surface area contributed by atoms with E-state index in [4.69, 9.17) is 4.42 Å². The van der Waals surface area contributed by atoms with Crippen molar-refractivity contribution in [1.82, 2.24) is 9.88 Å². The van der Waals surface area contributed by atoms with Crippen LogP contribution in [0.2, 0.25) is 0 Å². The van der Waals surface area contributed by atoms with Gasteiger partial charge in [0.2, 0.25) is 5.91 Å². The molecular weight excluding hydrogens is 324 g/mol. The maximum Gasteiger partial charge on any atom is 0.227 e. The number of pyridine rings is 1. The number of aromatic nitrogens is 1. The number of carbonyl (C=O) groups is 1. The van der Waals surface area contributed by atoms with Crippen molar-refractivity contribution in [2.75, 3.05) is 0 Å². The minimum absolute atomic E-state index is 0.0587. The highest BCUT2D eigenvalue weighted by molar-refractivity contribution is 5.83. The summed E-state index contributed by atoms with van der Waals surface area (Å²) in [5.41, 5.74) is 3.53. The molecule has 0 bridgehead atoms. The summed E-state index contributed by atoms with van der Waals surface area (Å²) < 4.78 is 5.47. The molecule has 1 aliphatic carbocycles. The number of hydrogen-bond donors (Lipinski definition) is 0. The fourth-order valence-corrected chi connectivity index (χ4v) is 3.49. The van der Waals surface area contributed by atoms with Crippen LogP contribution in [-0.2, 0) is 17.9 Å². The maximum absolute atomic E-state index is 13.2. The van der Waals surface area contributed by atoms with Crippen molar-refractivity contribution in [3.8, 4) is 0 Å². The zero-order valence-electron chi connectivity index (χ0n) is 14.8. The smallest absolute Gasteiger partial charge is 0.227 e. The molecule has 0 radical (unpaired) electrons. The molecule has 3 aromatic rings. The Kier molecular flexibility index (Phi) is 4.57. The van der Waals surface area contributed by atoms with Gasteiger partial charge < -0.3 is 9.32 Å². The highest BCUT2D eigenvalue weighted by Gasteiger charge is 2.45. The number of hydrogen-bond acceptors (Lipinski definition) is 3. The molecule has 0 spiro atoms. The summed E-state index contributed by atoms with van der Waals surface area (Å²) in [5.74, 6) is 1.38. The van der Waals surface area contributed by atoms with Gasteiger partial charge in [-0.2, -0.15) is 0 Å². The van der Waals surface area contributed by atoms with Crippen LogP contribution in [0.5, 0.6) is 0 Å². The molecule has 1 aromatic carbocycles. The van der Waals surface area contributed by atoms with Crippen LogP contribution >= 0.6 is 0 Å². The molecule has 132 valence electrons. The first-order valence-electron chi connectivity index (χ1n) is 8.97. The van der Waals surface area contributed by atoms with E-state index in [1.165, 1.54) is 11.1 Å². The Morgan fingerprint density at radius 2 is 2.12 bits per heavy atom. The molecule has 4 heteroatoms. The highest BCUT2D eigenvalue weighted by atomic mass is 16.3. The lowest BCUT2D eigenvalue weighted by Gasteiger charge is -2.22. The number of amides is 1. The van der Waals surface area contributed by atoms with Crippen molar-refractivity contribution >= 4 is 5.91 Å². The lowest BCUT2D eigenvalue weighted by atomic mass is 10.1. The standard InChI is InChI=1S/C22H22N2O2/c1-16-5-2-7-18(11-16)20-12-21(20)22(25)24(15-19-8-4-10-26-19)14-17-6-3-9-23-13-17/h2-11,13,20-21H,12,14-15H2,1H3/t20-,21+/m1/s1. The molecule has 4 nitrogen and oxygen atoms in total. The van der Waals surface area contributed by atoms with Gasteiger partial charge in [-0.05, 0) is 48.6 Å². The Morgan fingerprint density at radius 1 is 1.19 bits per heavy atom. The van der Waals surface area contributed by atoms with Crippen molar-refractivity contribution in [1.29, 1.82) is 0 Å². The molecule has 1 amide bonds. The topological polar surface area (TPSA) is 46.3 Å². The van der Waals surface area contributed by atoms with E-state index in [0.29, 0.717) is 19.0 Å². The second-order valence-corrected chi connectivity index (χ2v) is 7.00. The van der Waals surface area contributed by atoms with Crippen LogP contribution in [-0.4, -0.2) is 15.8 Å². The van der Waals surface area contributed by atoms with Crippen molar-refractivity contribution in [2.45, 2.75) is 32.4 Å². The van der Waals surface area contributed by atoms with E-state index in [1.807, 2.05) is 35.4 Å². The second kappa shape index (κ2) is 7.16. The largest absolute Gasteiger partial charge is 0.467 e. The molecule has 0 N–H and O–H groups in total. The lowest BCUT2D eigenvalue weighted by Crippen LogP contribution is -2.31. The third-order valence-corrected chi connectivity index (χ3v) is 4.91. The minimum atomic E-state index is 0.0587. The average Bonchev–Trinajstić information content (AvgIpc) is 3.30. The number of rotatable bonds is 6. The molecule has 0 unspecified atom stereocenters. The molecule has 2 aromatic heterocycles. The monoisotopic (exact) mass is 346 g/mol. The second-order valence-electron chi connectivity index (χ2n) is 7.00. The van der Waals surface area contributed by atoms with E-state index in [2.05, 4.69) is 36.2 Å². The van der Waals surface area contributed by atoms with Crippen LogP contribution in [0, 0.1) is 12.8 Å². The summed E-state index contributed by atoms with van der Waals surface area (Å²) in [7, 11) is 0. The van der Waals surface area contributed by atoms with Gasteiger partial charge in [-0.1, -0.05) is 35.9 Å². The van der Waals surface area contributed by atoms with Crippen molar-refractivity contribution in [2.24, 2.45) is 5.92 Å². The molecule has 26 heavy (non-hydrogen) atoms. The molecule has 1 fully saturated rings. The molecule has 2 atom stereocenters. The number of carbonyl (C=O) groups excluding carboxylic acids is 1. The van der Waals surface area contributed by atoms with Crippen LogP contribution in [0.15, 0.2) is 71.6 Å². The van der Waals surface area contributed by atoms with Gasteiger partial charge in [0.05, 0.1) is 12.8 Å². The summed E-state index contributed by atoms with van der Waals surface area (Å²) in [4.78, 5) is 19.2. The minimum Gasteiger partial charge on any atom is -0.467 e. The maximum atomic E-state index is 13.2. The van der Waals surface area contributed by atoms with Crippen molar-refractivity contribution in [3.05, 3.63) is 89.6 Å². The van der Waals surface area contributed by atoms with Gasteiger partial charge in [0.1, 0.15) is 5.76 Å². The number of benzene rings is 1. The molecular formula is C22H22N2O2. The van der Waals surface area contributed by atoms with E-state index in [0.717, 1.165) is 17.7 Å². The van der Waals surface area contributed by atoms with E-state index in [-0.39, 0.29) is 11.8 Å².